The molecule has 1 saturated heterocycles. The lowest BCUT2D eigenvalue weighted by molar-refractivity contribution is -0.133. The molecule has 0 spiro atoms. The van der Waals surface area contributed by atoms with Crippen molar-refractivity contribution in [1.82, 2.24) is 10.2 Å². The average molecular weight is 295 g/mol. The number of hydrogen-bond donors (Lipinski definition) is 1. The molecular formula is C16H23ClN2O. The maximum atomic E-state index is 12.6. The Morgan fingerprint density at radius 2 is 2.35 bits per heavy atom. The third-order valence-corrected chi connectivity index (χ3v) is 3.98. The van der Waals surface area contributed by atoms with E-state index in [1.54, 1.807) is 0 Å². The second-order valence-electron chi connectivity index (χ2n) is 5.39. The van der Waals surface area contributed by atoms with Crippen LogP contribution in [0.1, 0.15) is 31.7 Å². The standard InChI is InChI=1S/C16H23ClN2O/c1-2-9-19(15-7-4-8-18-12-15)16(20)11-13-5-3-6-14(17)10-13/h3,5-6,10,15,18H,2,4,7-9,11-12H2,1H3. The van der Waals surface area contributed by atoms with E-state index in [2.05, 4.69) is 12.2 Å². The number of carbonyl (C=O) groups excluding carboxylic acids is 1. The molecular weight excluding hydrogens is 272 g/mol. The van der Waals surface area contributed by atoms with Crippen molar-refractivity contribution in [3.8, 4) is 0 Å². The van der Waals surface area contributed by atoms with Crippen LogP contribution in [0.2, 0.25) is 5.02 Å². The number of carbonyl (C=O) groups is 1. The number of nitrogens with zero attached hydrogens (tertiary/aromatic N) is 1. The van der Waals surface area contributed by atoms with E-state index in [0.717, 1.165) is 44.5 Å². The first-order valence-electron chi connectivity index (χ1n) is 7.45. The molecule has 3 nitrogen and oxygen atoms in total. The molecule has 4 heteroatoms. The first-order chi connectivity index (χ1) is 9.70. The van der Waals surface area contributed by atoms with E-state index in [1.165, 1.54) is 0 Å². The van der Waals surface area contributed by atoms with Crippen molar-refractivity contribution in [3.63, 3.8) is 0 Å². The molecule has 1 N–H and O–H groups in total. The molecule has 1 atom stereocenters. The van der Waals surface area contributed by atoms with E-state index in [9.17, 15) is 4.79 Å². The predicted octanol–water partition coefficient (Wildman–Crippen LogP) is 2.87. The highest BCUT2D eigenvalue weighted by Gasteiger charge is 2.24. The molecule has 0 saturated carbocycles. The van der Waals surface area contributed by atoms with E-state index < -0.39 is 0 Å². The zero-order valence-corrected chi connectivity index (χ0v) is 12.8. The van der Waals surface area contributed by atoms with Crippen LogP contribution in [0, 0.1) is 0 Å². The summed E-state index contributed by atoms with van der Waals surface area (Å²) >= 11 is 5.98. The summed E-state index contributed by atoms with van der Waals surface area (Å²) < 4.78 is 0. The van der Waals surface area contributed by atoms with Crippen LogP contribution in [0.25, 0.3) is 0 Å². The van der Waals surface area contributed by atoms with Crippen molar-refractivity contribution in [1.29, 1.82) is 0 Å². The van der Waals surface area contributed by atoms with Crippen LogP contribution in [0.5, 0.6) is 0 Å². The van der Waals surface area contributed by atoms with Gasteiger partial charge in [-0.2, -0.15) is 0 Å². The fourth-order valence-corrected chi connectivity index (χ4v) is 2.99. The first kappa shape index (κ1) is 15.3. The lowest BCUT2D eigenvalue weighted by atomic mass is 10.0. The summed E-state index contributed by atoms with van der Waals surface area (Å²) in [5.41, 5.74) is 0.993. The van der Waals surface area contributed by atoms with Crippen LogP contribution in [-0.4, -0.2) is 36.5 Å². The Morgan fingerprint density at radius 3 is 3.00 bits per heavy atom. The van der Waals surface area contributed by atoms with Crippen molar-refractivity contribution >= 4 is 17.5 Å². The number of amides is 1. The van der Waals surface area contributed by atoms with Crippen molar-refractivity contribution in [2.45, 2.75) is 38.6 Å². The molecule has 0 aromatic heterocycles. The minimum atomic E-state index is 0.211. The monoisotopic (exact) mass is 294 g/mol. The van der Waals surface area contributed by atoms with Gasteiger partial charge in [-0.3, -0.25) is 4.79 Å². The van der Waals surface area contributed by atoms with E-state index in [-0.39, 0.29) is 5.91 Å². The Kier molecular flexibility index (Phi) is 5.86. The number of rotatable bonds is 5. The van der Waals surface area contributed by atoms with Gasteiger partial charge in [-0.15, -0.1) is 0 Å². The molecule has 1 heterocycles. The normalized spacial score (nSPS) is 18.8. The van der Waals surface area contributed by atoms with Gasteiger partial charge in [-0.25, -0.2) is 0 Å². The highest BCUT2D eigenvalue weighted by molar-refractivity contribution is 6.30. The maximum Gasteiger partial charge on any atom is 0.227 e. The number of nitrogens with one attached hydrogen (secondary N) is 1. The largest absolute Gasteiger partial charge is 0.338 e. The molecule has 1 unspecified atom stereocenters. The van der Waals surface area contributed by atoms with E-state index >= 15 is 0 Å². The topological polar surface area (TPSA) is 32.3 Å². The summed E-state index contributed by atoms with van der Waals surface area (Å²) in [5, 5.41) is 4.08. The quantitative estimate of drug-likeness (QED) is 0.906. The van der Waals surface area contributed by atoms with Crippen molar-refractivity contribution in [2.24, 2.45) is 0 Å². The number of piperidine rings is 1. The zero-order valence-electron chi connectivity index (χ0n) is 12.1. The minimum absolute atomic E-state index is 0.211. The van der Waals surface area contributed by atoms with E-state index in [0.29, 0.717) is 17.5 Å². The van der Waals surface area contributed by atoms with Crippen LogP contribution < -0.4 is 5.32 Å². The molecule has 110 valence electrons. The van der Waals surface area contributed by atoms with E-state index in [4.69, 9.17) is 11.6 Å². The van der Waals surface area contributed by atoms with Gasteiger partial charge >= 0.3 is 0 Å². The number of benzene rings is 1. The van der Waals surface area contributed by atoms with E-state index in [1.807, 2.05) is 29.2 Å². The highest BCUT2D eigenvalue weighted by Crippen LogP contribution is 2.15. The fraction of sp³-hybridized carbons (Fsp3) is 0.562. The summed E-state index contributed by atoms with van der Waals surface area (Å²) in [6, 6.07) is 7.92. The molecule has 1 aliphatic rings. The van der Waals surface area contributed by atoms with Crippen LogP contribution >= 0.6 is 11.6 Å². The molecule has 0 bridgehead atoms. The molecule has 1 aromatic rings. The summed E-state index contributed by atoms with van der Waals surface area (Å²) in [6.45, 7) is 4.95. The second kappa shape index (κ2) is 7.65. The predicted molar refractivity (Wildman–Crippen MR) is 83.1 cm³/mol. The number of hydrogen-bond acceptors (Lipinski definition) is 2. The zero-order chi connectivity index (χ0) is 14.4. The molecule has 0 radical (unpaired) electrons. The van der Waals surface area contributed by atoms with Crippen molar-refractivity contribution in [2.75, 3.05) is 19.6 Å². The summed E-state index contributed by atoms with van der Waals surface area (Å²) in [6.07, 6.45) is 3.69. The molecule has 1 aromatic carbocycles. The van der Waals surface area contributed by atoms with Gasteiger partial charge in [0, 0.05) is 24.2 Å². The summed E-state index contributed by atoms with van der Waals surface area (Å²) in [4.78, 5) is 14.6. The molecule has 2 rings (SSSR count). The van der Waals surface area contributed by atoms with Crippen LogP contribution in [0.3, 0.4) is 0 Å². The van der Waals surface area contributed by atoms with Gasteiger partial charge in [0.2, 0.25) is 5.91 Å². The third-order valence-electron chi connectivity index (χ3n) is 3.74. The minimum Gasteiger partial charge on any atom is -0.338 e. The van der Waals surface area contributed by atoms with Gasteiger partial charge in [-0.05, 0) is 43.5 Å². The van der Waals surface area contributed by atoms with Crippen LogP contribution in [0.4, 0.5) is 0 Å². The lowest BCUT2D eigenvalue weighted by Gasteiger charge is -2.34. The average Bonchev–Trinajstić information content (AvgIpc) is 2.45. The van der Waals surface area contributed by atoms with Crippen LogP contribution in [0.15, 0.2) is 24.3 Å². The smallest absolute Gasteiger partial charge is 0.227 e. The lowest BCUT2D eigenvalue weighted by Crippen LogP contribution is -2.49. The Balaban J connectivity index is 2.02. The van der Waals surface area contributed by atoms with Crippen molar-refractivity contribution in [3.05, 3.63) is 34.9 Å². The summed E-state index contributed by atoms with van der Waals surface area (Å²) in [7, 11) is 0. The van der Waals surface area contributed by atoms with Gasteiger partial charge in [0.15, 0.2) is 0 Å². The molecule has 20 heavy (non-hydrogen) atoms. The molecule has 0 aliphatic carbocycles. The third kappa shape index (κ3) is 4.22. The second-order valence-corrected chi connectivity index (χ2v) is 5.83. The molecule has 1 amide bonds. The van der Waals surface area contributed by atoms with Crippen LogP contribution in [-0.2, 0) is 11.2 Å². The van der Waals surface area contributed by atoms with Gasteiger partial charge in [0.25, 0.3) is 0 Å². The SMILES string of the molecule is CCCN(C(=O)Cc1cccc(Cl)c1)C1CCCNC1. The Labute approximate surface area is 126 Å². The molecule has 1 fully saturated rings. The van der Waals surface area contributed by atoms with Gasteiger partial charge in [0.05, 0.1) is 6.42 Å². The highest BCUT2D eigenvalue weighted by atomic mass is 35.5. The molecule has 1 aliphatic heterocycles. The first-order valence-corrected chi connectivity index (χ1v) is 7.83. The maximum absolute atomic E-state index is 12.6. The van der Waals surface area contributed by atoms with Crippen molar-refractivity contribution < 1.29 is 4.79 Å². The fourth-order valence-electron chi connectivity index (χ4n) is 2.77. The summed E-state index contributed by atoms with van der Waals surface area (Å²) in [5.74, 6) is 0.211. The van der Waals surface area contributed by atoms with Gasteiger partial charge in [-0.1, -0.05) is 30.7 Å². The Morgan fingerprint density at radius 1 is 1.50 bits per heavy atom. The number of halogens is 1. The van der Waals surface area contributed by atoms with Gasteiger partial charge in [0.1, 0.15) is 0 Å². The Bertz CT molecular complexity index is 444. The Hall–Kier alpha value is -1.06. The van der Waals surface area contributed by atoms with Gasteiger partial charge < -0.3 is 10.2 Å².